The van der Waals surface area contributed by atoms with E-state index < -0.39 is 0 Å². The second-order valence-electron chi connectivity index (χ2n) is 7.50. The number of rotatable bonds is 8. The third-order valence-corrected chi connectivity index (χ3v) is 5.17. The summed E-state index contributed by atoms with van der Waals surface area (Å²) in [7, 11) is 0. The number of benzene rings is 4. The van der Waals surface area contributed by atoms with Crippen molar-refractivity contribution in [2.24, 2.45) is 0 Å². The van der Waals surface area contributed by atoms with Crippen LogP contribution < -0.4 is 15.2 Å². The first-order valence-electron chi connectivity index (χ1n) is 10.5. The number of nitrogen functional groups attached to an aromatic ring is 1. The SMILES string of the molecule is N#Cc1c(Cc2ccc(N)c(OCc3ccccc3)c2)cccc1OCc1ccccc1. The van der Waals surface area contributed by atoms with Crippen LogP contribution >= 0.6 is 0 Å². The summed E-state index contributed by atoms with van der Waals surface area (Å²) < 4.78 is 11.9. The van der Waals surface area contributed by atoms with E-state index in [0.717, 1.165) is 22.3 Å². The van der Waals surface area contributed by atoms with Gasteiger partial charge in [-0.25, -0.2) is 0 Å². The Labute approximate surface area is 188 Å². The van der Waals surface area contributed by atoms with Gasteiger partial charge in [-0.1, -0.05) is 78.9 Å². The average molecular weight is 421 g/mol. The highest BCUT2D eigenvalue weighted by Crippen LogP contribution is 2.28. The Morgan fingerprint density at radius 1 is 0.656 bits per heavy atom. The number of hydrogen-bond acceptors (Lipinski definition) is 4. The number of hydrogen-bond donors (Lipinski definition) is 1. The minimum Gasteiger partial charge on any atom is -0.488 e. The number of ether oxygens (including phenoxy) is 2. The third-order valence-electron chi connectivity index (χ3n) is 5.17. The normalized spacial score (nSPS) is 10.3. The molecule has 158 valence electrons. The Bertz CT molecular complexity index is 1220. The van der Waals surface area contributed by atoms with Crippen LogP contribution in [0.3, 0.4) is 0 Å². The topological polar surface area (TPSA) is 68.3 Å². The highest BCUT2D eigenvalue weighted by molar-refractivity contribution is 5.56. The van der Waals surface area contributed by atoms with Gasteiger partial charge in [-0.15, -0.1) is 0 Å². The summed E-state index contributed by atoms with van der Waals surface area (Å²) in [6.07, 6.45) is 0.577. The van der Waals surface area contributed by atoms with Crippen molar-refractivity contribution in [1.82, 2.24) is 0 Å². The number of nitrogens with zero attached hydrogens (tertiary/aromatic N) is 1. The molecule has 0 spiro atoms. The molecule has 4 nitrogen and oxygen atoms in total. The number of anilines is 1. The van der Waals surface area contributed by atoms with Crippen molar-refractivity contribution in [3.63, 3.8) is 0 Å². The first-order valence-corrected chi connectivity index (χ1v) is 10.5. The van der Waals surface area contributed by atoms with Gasteiger partial charge in [0, 0.05) is 0 Å². The van der Waals surface area contributed by atoms with Gasteiger partial charge in [0.25, 0.3) is 0 Å². The molecule has 0 aromatic heterocycles. The molecule has 0 aliphatic rings. The van der Waals surface area contributed by atoms with Gasteiger partial charge in [-0.05, 0) is 46.9 Å². The fourth-order valence-corrected chi connectivity index (χ4v) is 3.48. The lowest BCUT2D eigenvalue weighted by molar-refractivity contribution is 0.305. The highest BCUT2D eigenvalue weighted by atomic mass is 16.5. The molecule has 0 atom stereocenters. The van der Waals surface area contributed by atoms with Crippen LogP contribution in [0.15, 0.2) is 97.1 Å². The molecule has 0 radical (unpaired) electrons. The molecular formula is C28H24N2O2. The monoisotopic (exact) mass is 420 g/mol. The molecule has 4 aromatic carbocycles. The van der Waals surface area contributed by atoms with E-state index in [0.29, 0.717) is 42.4 Å². The van der Waals surface area contributed by atoms with Crippen molar-refractivity contribution in [2.45, 2.75) is 19.6 Å². The van der Waals surface area contributed by atoms with Crippen molar-refractivity contribution in [3.8, 4) is 17.6 Å². The van der Waals surface area contributed by atoms with E-state index in [9.17, 15) is 5.26 Å². The molecule has 4 aromatic rings. The molecule has 0 bridgehead atoms. The van der Waals surface area contributed by atoms with Gasteiger partial charge in [-0.3, -0.25) is 0 Å². The maximum atomic E-state index is 9.81. The van der Waals surface area contributed by atoms with Crippen LogP contribution in [0.2, 0.25) is 0 Å². The van der Waals surface area contributed by atoms with Crippen LogP contribution in [0.1, 0.15) is 27.8 Å². The lowest BCUT2D eigenvalue weighted by atomic mass is 9.99. The van der Waals surface area contributed by atoms with E-state index in [1.54, 1.807) is 0 Å². The van der Waals surface area contributed by atoms with E-state index in [1.165, 1.54) is 0 Å². The van der Waals surface area contributed by atoms with Crippen molar-refractivity contribution >= 4 is 5.69 Å². The number of nitriles is 1. The summed E-state index contributed by atoms with van der Waals surface area (Å²) in [6.45, 7) is 0.860. The molecule has 2 N–H and O–H groups in total. The van der Waals surface area contributed by atoms with Gasteiger partial charge in [0.2, 0.25) is 0 Å². The summed E-state index contributed by atoms with van der Waals surface area (Å²) in [6, 6.07) is 33.6. The summed E-state index contributed by atoms with van der Waals surface area (Å²) in [5.74, 6) is 1.23. The Balaban J connectivity index is 1.50. The molecule has 32 heavy (non-hydrogen) atoms. The van der Waals surface area contributed by atoms with Crippen LogP contribution in [-0.2, 0) is 19.6 Å². The zero-order valence-electron chi connectivity index (χ0n) is 17.7. The summed E-state index contributed by atoms with van der Waals surface area (Å²) in [5.41, 5.74) is 11.3. The van der Waals surface area contributed by atoms with Gasteiger partial charge in [0.1, 0.15) is 30.8 Å². The number of nitrogens with two attached hydrogens (primary N) is 1. The molecule has 0 saturated heterocycles. The summed E-state index contributed by atoms with van der Waals surface area (Å²) in [4.78, 5) is 0. The largest absolute Gasteiger partial charge is 0.488 e. The first-order chi connectivity index (χ1) is 15.7. The predicted molar refractivity (Wildman–Crippen MR) is 126 cm³/mol. The van der Waals surface area contributed by atoms with Gasteiger partial charge in [-0.2, -0.15) is 5.26 Å². The van der Waals surface area contributed by atoms with Crippen LogP contribution in [0.4, 0.5) is 5.69 Å². The molecule has 0 heterocycles. The van der Waals surface area contributed by atoms with E-state index >= 15 is 0 Å². The van der Waals surface area contributed by atoms with E-state index in [1.807, 2.05) is 97.1 Å². The lowest BCUT2D eigenvalue weighted by Gasteiger charge is -2.13. The van der Waals surface area contributed by atoms with Crippen LogP contribution in [0, 0.1) is 11.3 Å². The van der Waals surface area contributed by atoms with Crippen LogP contribution in [0.5, 0.6) is 11.5 Å². The van der Waals surface area contributed by atoms with Crippen molar-refractivity contribution in [1.29, 1.82) is 5.26 Å². The Hall–Kier alpha value is -4.23. The molecule has 0 aliphatic heterocycles. The molecule has 4 rings (SSSR count). The van der Waals surface area contributed by atoms with E-state index in [4.69, 9.17) is 15.2 Å². The van der Waals surface area contributed by atoms with Gasteiger partial charge in [0.05, 0.1) is 11.3 Å². The quantitative estimate of drug-likeness (QED) is 0.361. The maximum absolute atomic E-state index is 9.81. The van der Waals surface area contributed by atoms with E-state index in [2.05, 4.69) is 6.07 Å². The molecule has 0 unspecified atom stereocenters. The summed E-state index contributed by atoms with van der Waals surface area (Å²) >= 11 is 0. The predicted octanol–water partition coefficient (Wildman–Crippen LogP) is 5.89. The molecule has 0 aliphatic carbocycles. The summed E-state index contributed by atoms with van der Waals surface area (Å²) in [5, 5.41) is 9.81. The van der Waals surface area contributed by atoms with Crippen LogP contribution in [-0.4, -0.2) is 0 Å². The Morgan fingerprint density at radius 3 is 1.91 bits per heavy atom. The van der Waals surface area contributed by atoms with Crippen LogP contribution in [0.25, 0.3) is 0 Å². The van der Waals surface area contributed by atoms with Crippen molar-refractivity contribution in [2.75, 3.05) is 5.73 Å². The maximum Gasteiger partial charge on any atom is 0.142 e. The van der Waals surface area contributed by atoms with Gasteiger partial charge >= 0.3 is 0 Å². The Morgan fingerprint density at radius 2 is 1.28 bits per heavy atom. The zero-order valence-corrected chi connectivity index (χ0v) is 17.7. The van der Waals surface area contributed by atoms with Gasteiger partial charge in [0.15, 0.2) is 0 Å². The molecular weight excluding hydrogens is 396 g/mol. The molecule has 0 amide bonds. The second-order valence-corrected chi connectivity index (χ2v) is 7.50. The smallest absolute Gasteiger partial charge is 0.142 e. The average Bonchev–Trinajstić information content (AvgIpc) is 2.84. The molecule has 4 heteroatoms. The molecule has 0 saturated carbocycles. The Kier molecular flexibility index (Phi) is 6.69. The minimum atomic E-state index is 0.415. The third kappa shape index (κ3) is 5.27. The second kappa shape index (κ2) is 10.2. The molecule has 0 fully saturated rings. The minimum absolute atomic E-state index is 0.415. The zero-order chi connectivity index (χ0) is 22.2. The highest BCUT2D eigenvalue weighted by Gasteiger charge is 2.12. The lowest BCUT2D eigenvalue weighted by Crippen LogP contribution is -2.02. The van der Waals surface area contributed by atoms with E-state index in [-0.39, 0.29) is 0 Å². The van der Waals surface area contributed by atoms with Gasteiger partial charge < -0.3 is 15.2 Å². The van der Waals surface area contributed by atoms with Crippen molar-refractivity contribution in [3.05, 3.63) is 125 Å². The van der Waals surface area contributed by atoms with Crippen molar-refractivity contribution < 1.29 is 9.47 Å². The first kappa shape index (κ1) is 21.0. The fourth-order valence-electron chi connectivity index (χ4n) is 3.48. The standard InChI is InChI=1S/C28H24N2O2/c29-18-25-24(12-7-13-27(25)31-19-21-8-3-1-4-9-21)16-23-14-15-26(30)28(17-23)32-20-22-10-5-2-6-11-22/h1-15,17H,16,19-20,30H2. The fraction of sp³-hybridized carbons (Fsp3) is 0.107.